The van der Waals surface area contributed by atoms with Crippen LogP contribution in [0.1, 0.15) is 36.4 Å². The minimum atomic E-state index is -0.529. The fraction of sp³-hybridized carbons (Fsp3) is 0.444. The van der Waals surface area contributed by atoms with E-state index in [2.05, 4.69) is 9.55 Å². The van der Waals surface area contributed by atoms with E-state index in [1.165, 1.54) is 0 Å². The predicted molar refractivity (Wildman–Crippen MR) is 88.0 cm³/mol. The van der Waals surface area contributed by atoms with Crippen LogP contribution in [0.2, 0.25) is 0 Å². The summed E-state index contributed by atoms with van der Waals surface area (Å²) in [6.45, 7) is 3.50. The van der Waals surface area contributed by atoms with E-state index in [1.807, 2.05) is 54.5 Å². The smallest absolute Gasteiger partial charge is 0.256 e. The normalized spacial score (nSPS) is 19.6. The molecule has 5 heteroatoms. The van der Waals surface area contributed by atoms with E-state index in [9.17, 15) is 4.79 Å². The van der Waals surface area contributed by atoms with Crippen molar-refractivity contribution in [2.45, 2.75) is 31.9 Å². The third kappa shape index (κ3) is 3.29. The monoisotopic (exact) mass is 313 g/mol. The summed E-state index contributed by atoms with van der Waals surface area (Å²) in [7, 11) is 1.59. The Hall–Kier alpha value is -2.14. The molecule has 0 N–H and O–H groups in total. The molecule has 1 amide bonds. The Kier molecular flexibility index (Phi) is 4.76. The van der Waals surface area contributed by atoms with Gasteiger partial charge in [-0.1, -0.05) is 30.3 Å². The molecule has 1 aromatic heterocycles. The molecule has 0 saturated carbocycles. The van der Waals surface area contributed by atoms with E-state index >= 15 is 0 Å². The number of imidazole rings is 1. The first kappa shape index (κ1) is 15.7. The molecule has 122 valence electrons. The maximum absolute atomic E-state index is 12.9. The Balaban J connectivity index is 1.75. The molecule has 1 aromatic carbocycles. The predicted octanol–water partition coefficient (Wildman–Crippen LogP) is 2.74. The van der Waals surface area contributed by atoms with Crippen molar-refractivity contribution < 1.29 is 9.53 Å². The number of aromatic nitrogens is 2. The maximum Gasteiger partial charge on any atom is 0.256 e. The highest BCUT2D eigenvalue weighted by atomic mass is 16.5. The average molecular weight is 313 g/mol. The topological polar surface area (TPSA) is 47.4 Å². The van der Waals surface area contributed by atoms with Gasteiger partial charge in [0.05, 0.1) is 6.04 Å². The summed E-state index contributed by atoms with van der Waals surface area (Å²) >= 11 is 0. The second-order valence-corrected chi connectivity index (χ2v) is 5.99. The second kappa shape index (κ2) is 6.96. The van der Waals surface area contributed by atoms with Crippen LogP contribution in [0, 0.1) is 6.92 Å². The van der Waals surface area contributed by atoms with Gasteiger partial charge in [0.15, 0.2) is 6.10 Å². The van der Waals surface area contributed by atoms with Crippen molar-refractivity contribution >= 4 is 5.91 Å². The van der Waals surface area contributed by atoms with Gasteiger partial charge in [-0.25, -0.2) is 4.98 Å². The van der Waals surface area contributed by atoms with Crippen LogP contribution >= 0.6 is 0 Å². The zero-order valence-corrected chi connectivity index (χ0v) is 13.7. The van der Waals surface area contributed by atoms with Crippen LogP contribution in [0.4, 0.5) is 0 Å². The minimum absolute atomic E-state index is 0.0427. The Morgan fingerprint density at radius 3 is 2.78 bits per heavy atom. The number of aryl methyl sites for hydroxylation is 1. The molecule has 0 aliphatic carbocycles. The fourth-order valence-corrected chi connectivity index (χ4v) is 3.33. The van der Waals surface area contributed by atoms with Crippen molar-refractivity contribution in [3.05, 3.63) is 54.1 Å². The molecule has 0 radical (unpaired) electrons. The average Bonchev–Trinajstić information content (AvgIpc) is 3.02. The second-order valence-electron chi connectivity index (χ2n) is 5.99. The first-order chi connectivity index (χ1) is 11.2. The number of likely N-dealkylation sites (tertiary alicyclic amines) is 1. The summed E-state index contributed by atoms with van der Waals surface area (Å²) in [4.78, 5) is 19.1. The molecule has 1 fully saturated rings. The highest BCUT2D eigenvalue weighted by molar-refractivity contribution is 5.82. The molecule has 0 unspecified atom stereocenters. The Labute approximate surface area is 136 Å². The van der Waals surface area contributed by atoms with E-state index in [4.69, 9.17) is 4.74 Å². The van der Waals surface area contributed by atoms with Crippen LogP contribution < -0.4 is 0 Å². The molecule has 1 aliphatic heterocycles. The fourth-order valence-electron chi connectivity index (χ4n) is 3.33. The number of piperidine rings is 1. The van der Waals surface area contributed by atoms with Gasteiger partial charge in [-0.15, -0.1) is 0 Å². The third-order valence-corrected chi connectivity index (χ3v) is 4.53. The van der Waals surface area contributed by atoms with Crippen LogP contribution in [0.5, 0.6) is 0 Å². The number of benzene rings is 1. The number of methoxy groups -OCH3 is 1. The zero-order chi connectivity index (χ0) is 16.2. The molecule has 2 atom stereocenters. The molecule has 5 nitrogen and oxygen atoms in total. The number of carbonyl (C=O) groups excluding carboxylic acids is 1. The molecule has 0 bridgehead atoms. The molecule has 2 heterocycles. The largest absolute Gasteiger partial charge is 0.367 e. The van der Waals surface area contributed by atoms with Crippen molar-refractivity contribution in [3.63, 3.8) is 0 Å². The number of rotatable bonds is 4. The molecular formula is C18H23N3O2. The highest BCUT2D eigenvalue weighted by Gasteiger charge is 2.30. The van der Waals surface area contributed by atoms with Crippen molar-refractivity contribution in [1.82, 2.24) is 14.5 Å². The lowest BCUT2D eigenvalue weighted by Gasteiger charge is -2.35. The van der Waals surface area contributed by atoms with Gasteiger partial charge in [0.1, 0.15) is 5.82 Å². The number of hydrogen-bond acceptors (Lipinski definition) is 3. The van der Waals surface area contributed by atoms with E-state index < -0.39 is 6.10 Å². The van der Waals surface area contributed by atoms with Crippen LogP contribution in [0.3, 0.4) is 0 Å². The first-order valence-corrected chi connectivity index (χ1v) is 8.06. The summed E-state index contributed by atoms with van der Waals surface area (Å²) in [6, 6.07) is 9.98. The van der Waals surface area contributed by atoms with Crippen LogP contribution in [0.25, 0.3) is 0 Å². The first-order valence-electron chi connectivity index (χ1n) is 8.06. The molecule has 2 aromatic rings. The van der Waals surface area contributed by atoms with Crippen LogP contribution in [-0.2, 0) is 9.53 Å². The van der Waals surface area contributed by atoms with Crippen LogP contribution in [0.15, 0.2) is 42.7 Å². The van der Waals surface area contributed by atoms with Crippen molar-refractivity contribution in [3.8, 4) is 0 Å². The highest BCUT2D eigenvalue weighted by Crippen LogP contribution is 2.26. The van der Waals surface area contributed by atoms with E-state index in [-0.39, 0.29) is 5.91 Å². The van der Waals surface area contributed by atoms with Gasteiger partial charge >= 0.3 is 0 Å². The number of amides is 1. The molecule has 1 saturated heterocycles. The third-order valence-electron chi connectivity index (χ3n) is 4.53. The number of carbonyl (C=O) groups is 1. The summed E-state index contributed by atoms with van der Waals surface area (Å²) < 4.78 is 7.66. The molecule has 0 spiro atoms. The Morgan fingerprint density at radius 1 is 1.35 bits per heavy atom. The summed E-state index contributed by atoms with van der Waals surface area (Å²) in [6.07, 6.45) is 5.36. The standard InChI is InChI=1S/C18H23N3O2/c1-14-19-10-12-21(14)16-9-6-11-20(13-16)18(22)17(23-2)15-7-4-3-5-8-15/h3-5,7-8,10,12,16-17H,6,9,11,13H2,1-2H3/t16-,17+/m1/s1. The van der Waals surface area contributed by atoms with E-state index in [0.717, 1.165) is 30.8 Å². The zero-order valence-electron chi connectivity index (χ0n) is 13.7. The lowest BCUT2D eigenvalue weighted by atomic mass is 10.0. The van der Waals surface area contributed by atoms with Gasteiger partial charge in [-0.2, -0.15) is 0 Å². The quantitative estimate of drug-likeness (QED) is 0.872. The summed E-state index contributed by atoms with van der Waals surface area (Å²) in [5.41, 5.74) is 0.904. The van der Waals surface area contributed by atoms with Gasteiger partial charge < -0.3 is 14.2 Å². The Bertz CT molecular complexity index is 653. The van der Waals surface area contributed by atoms with E-state index in [1.54, 1.807) is 7.11 Å². The lowest BCUT2D eigenvalue weighted by Crippen LogP contribution is -2.43. The maximum atomic E-state index is 12.9. The number of nitrogens with zero attached hydrogens (tertiary/aromatic N) is 3. The lowest BCUT2D eigenvalue weighted by molar-refractivity contribution is -0.144. The Morgan fingerprint density at radius 2 is 2.13 bits per heavy atom. The van der Waals surface area contributed by atoms with Gasteiger partial charge in [0.2, 0.25) is 0 Å². The molecule has 23 heavy (non-hydrogen) atoms. The summed E-state index contributed by atoms with van der Waals surface area (Å²) in [5.74, 6) is 1.04. The van der Waals surface area contributed by atoms with Crippen LogP contribution in [-0.4, -0.2) is 40.6 Å². The SMILES string of the molecule is CO[C@H](C(=O)N1CCC[C@@H](n2ccnc2C)C1)c1ccccc1. The van der Waals surface area contributed by atoms with Gasteiger partial charge in [0.25, 0.3) is 5.91 Å². The molecule has 3 rings (SSSR count). The van der Waals surface area contributed by atoms with Crippen molar-refractivity contribution in [1.29, 1.82) is 0 Å². The number of ether oxygens (including phenoxy) is 1. The molecular weight excluding hydrogens is 290 g/mol. The van der Waals surface area contributed by atoms with Gasteiger partial charge in [-0.05, 0) is 25.3 Å². The van der Waals surface area contributed by atoms with Gasteiger partial charge in [0, 0.05) is 32.6 Å². The van der Waals surface area contributed by atoms with Crippen molar-refractivity contribution in [2.24, 2.45) is 0 Å². The number of hydrogen-bond donors (Lipinski definition) is 0. The minimum Gasteiger partial charge on any atom is -0.367 e. The van der Waals surface area contributed by atoms with E-state index in [0.29, 0.717) is 12.6 Å². The van der Waals surface area contributed by atoms with Crippen molar-refractivity contribution in [2.75, 3.05) is 20.2 Å². The summed E-state index contributed by atoms with van der Waals surface area (Å²) in [5, 5.41) is 0. The molecule has 1 aliphatic rings. The van der Waals surface area contributed by atoms with Gasteiger partial charge in [-0.3, -0.25) is 4.79 Å².